The highest BCUT2D eigenvalue weighted by atomic mass is 28.1. The van der Waals surface area contributed by atoms with Crippen LogP contribution in [0.5, 0.6) is 0 Å². The topological polar surface area (TPSA) is 46.5 Å². The van der Waals surface area contributed by atoms with Gasteiger partial charge in [0.1, 0.15) is 0 Å². The van der Waals surface area contributed by atoms with Gasteiger partial charge in [-0.2, -0.15) is 0 Å². The number of rotatable bonds is 2. The van der Waals surface area contributed by atoms with Crippen molar-refractivity contribution in [3.63, 3.8) is 0 Å². The second-order valence-electron chi connectivity index (χ2n) is 3.13. The normalized spacial score (nSPS) is 16.8. The zero-order chi connectivity index (χ0) is 8.36. The Kier molecular flexibility index (Phi) is 2.89. The van der Waals surface area contributed by atoms with E-state index in [1.807, 2.05) is 20.8 Å². The van der Waals surface area contributed by atoms with E-state index in [-0.39, 0.29) is 5.92 Å². The van der Waals surface area contributed by atoms with Crippen LogP contribution < -0.4 is 0 Å². The molecule has 0 aromatic carbocycles. The minimum atomic E-state index is -1.17. The minimum absolute atomic E-state index is 0.260. The second kappa shape index (κ2) is 3.05. The van der Waals surface area contributed by atoms with Crippen molar-refractivity contribution >= 4 is 16.4 Å². The first-order valence-corrected chi connectivity index (χ1v) is 4.28. The molecule has 0 aliphatic rings. The number of carbonyl (C=O) groups is 1. The monoisotopic (exact) mass is 162 g/mol. The molecular weight excluding hydrogens is 148 g/mol. The summed E-state index contributed by atoms with van der Waals surface area (Å²) < 4.78 is 4.68. The third-order valence-electron chi connectivity index (χ3n) is 1.74. The van der Waals surface area contributed by atoms with Crippen LogP contribution in [-0.4, -0.2) is 26.7 Å². The van der Waals surface area contributed by atoms with Crippen LogP contribution in [0.3, 0.4) is 0 Å². The van der Waals surface area contributed by atoms with Gasteiger partial charge in [0.05, 0.1) is 15.5 Å². The molecule has 10 heavy (non-hydrogen) atoms. The molecule has 0 bridgehead atoms. The predicted molar refractivity (Wildman–Crippen MR) is 42.3 cm³/mol. The quantitative estimate of drug-likeness (QED) is 0.473. The molecule has 0 amide bonds. The summed E-state index contributed by atoms with van der Waals surface area (Å²) in [4.78, 5) is 10.1. The summed E-state index contributed by atoms with van der Waals surface area (Å²) in [5, 5.41) is 7.86. The number of hydrogen-bond donors (Lipinski definition) is 1. The van der Waals surface area contributed by atoms with E-state index in [1.54, 1.807) is 0 Å². The maximum absolute atomic E-state index is 10.1. The lowest BCUT2D eigenvalue weighted by Gasteiger charge is -2.27. The summed E-state index contributed by atoms with van der Waals surface area (Å²) in [7, 11) is 0.728. The fourth-order valence-electron chi connectivity index (χ4n) is 0.343. The van der Waals surface area contributed by atoms with Gasteiger partial charge in [0.25, 0.3) is 0 Å². The van der Waals surface area contributed by atoms with Crippen molar-refractivity contribution in [2.45, 2.75) is 26.0 Å². The van der Waals surface area contributed by atoms with E-state index in [2.05, 4.69) is 4.74 Å². The van der Waals surface area contributed by atoms with E-state index >= 15 is 0 Å². The van der Waals surface area contributed by atoms with Gasteiger partial charge in [-0.3, -0.25) is 0 Å². The Morgan fingerprint density at radius 3 is 2.20 bits per heavy atom. The molecule has 0 radical (unpaired) electrons. The lowest BCUT2D eigenvalue weighted by atomic mass is 10.1. The van der Waals surface area contributed by atoms with Crippen molar-refractivity contribution in [1.82, 2.24) is 0 Å². The van der Waals surface area contributed by atoms with Gasteiger partial charge in [0.15, 0.2) is 0 Å². The van der Waals surface area contributed by atoms with Crippen molar-refractivity contribution in [2.24, 2.45) is 5.92 Å². The maximum atomic E-state index is 10.1. The van der Waals surface area contributed by atoms with E-state index in [1.165, 1.54) is 0 Å². The van der Waals surface area contributed by atoms with E-state index in [0.717, 1.165) is 10.2 Å². The molecule has 0 saturated heterocycles. The maximum Gasteiger partial charge on any atom is 0.505 e. The molecule has 0 aliphatic heterocycles. The van der Waals surface area contributed by atoms with Crippen LogP contribution in [0.25, 0.3) is 0 Å². The smallest absolute Gasteiger partial charge is 0.450 e. The Bertz CT molecular complexity index is 131. The van der Waals surface area contributed by atoms with Crippen molar-refractivity contribution in [3.05, 3.63) is 0 Å². The lowest BCUT2D eigenvalue weighted by Crippen LogP contribution is -2.37. The Hall–Kier alpha value is -0.513. The molecule has 4 heteroatoms. The molecule has 1 N–H and O–H groups in total. The molecule has 1 atom stereocenters. The Morgan fingerprint density at radius 1 is 1.70 bits per heavy atom. The molecule has 0 rings (SSSR count). The average molecular weight is 162 g/mol. The standard InChI is InChI=1S/C6H14O3Si/c1-4(2)6(3,10)9-5(7)8/h4H,1-3,10H3,(H,7,8). The third-order valence-corrected chi connectivity index (χ3v) is 3.10. The van der Waals surface area contributed by atoms with Gasteiger partial charge in [0, 0.05) is 0 Å². The van der Waals surface area contributed by atoms with Gasteiger partial charge >= 0.3 is 6.16 Å². The summed E-state index contributed by atoms with van der Waals surface area (Å²) in [6.45, 7) is 5.73. The first kappa shape index (κ1) is 9.49. The predicted octanol–water partition coefficient (Wildman–Crippen LogP) is 0.419. The molecule has 0 spiro atoms. The number of hydrogen-bond acceptors (Lipinski definition) is 2. The van der Waals surface area contributed by atoms with Crippen LogP contribution in [0.1, 0.15) is 20.8 Å². The van der Waals surface area contributed by atoms with Crippen LogP contribution in [-0.2, 0) is 4.74 Å². The first-order valence-electron chi connectivity index (χ1n) is 3.28. The molecular formula is C6H14O3Si. The highest BCUT2D eigenvalue weighted by molar-refractivity contribution is 6.15. The number of ether oxygens (including phenoxy) is 1. The molecule has 60 valence electrons. The van der Waals surface area contributed by atoms with E-state index in [9.17, 15) is 4.79 Å². The third kappa shape index (κ3) is 2.86. The number of carboxylic acid groups (broad SMARTS) is 1. The summed E-state index contributed by atoms with van der Waals surface area (Å²) in [5.74, 6) is 0.260. The van der Waals surface area contributed by atoms with Crippen molar-refractivity contribution in [2.75, 3.05) is 0 Å². The van der Waals surface area contributed by atoms with Crippen LogP contribution >= 0.6 is 0 Å². The van der Waals surface area contributed by atoms with Gasteiger partial charge < -0.3 is 9.84 Å². The van der Waals surface area contributed by atoms with Gasteiger partial charge in [0.2, 0.25) is 0 Å². The van der Waals surface area contributed by atoms with E-state index < -0.39 is 11.4 Å². The summed E-state index contributed by atoms with van der Waals surface area (Å²) in [6.07, 6.45) is -1.17. The molecule has 1 unspecified atom stereocenters. The molecule has 0 aliphatic carbocycles. The molecule has 0 aromatic heterocycles. The zero-order valence-electron chi connectivity index (χ0n) is 6.84. The fourth-order valence-corrected chi connectivity index (χ4v) is 0.518. The molecule has 3 nitrogen and oxygen atoms in total. The summed E-state index contributed by atoms with van der Waals surface area (Å²) in [5.41, 5.74) is 0. The van der Waals surface area contributed by atoms with Crippen molar-refractivity contribution < 1.29 is 14.6 Å². The SMILES string of the molecule is CC(C)C(C)([SiH3])OC(=O)O. The van der Waals surface area contributed by atoms with Gasteiger partial charge in [-0.15, -0.1) is 0 Å². The first-order chi connectivity index (χ1) is 4.36. The highest BCUT2D eigenvalue weighted by Gasteiger charge is 2.26. The van der Waals surface area contributed by atoms with E-state index in [4.69, 9.17) is 5.11 Å². The highest BCUT2D eigenvalue weighted by Crippen LogP contribution is 2.16. The second-order valence-corrected chi connectivity index (χ2v) is 5.11. The van der Waals surface area contributed by atoms with E-state index in [0.29, 0.717) is 0 Å². The Labute approximate surface area is 63.8 Å². The van der Waals surface area contributed by atoms with Gasteiger partial charge in [-0.25, -0.2) is 4.79 Å². The van der Waals surface area contributed by atoms with Crippen molar-refractivity contribution in [1.29, 1.82) is 0 Å². The van der Waals surface area contributed by atoms with Crippen LogP contribution in [0.4, 0.5) is 4.79 Å². The van der Waals surface area contributed by atoms with Gasteiger partial charge in [-0.1, -0.05) is 13.8 Å². The fraction of sp³-hybridized carbons (Fsp3) is 0.833. The zero-order valence-corrected chi connectivity index (χ0v) is 8.84. The largest absolute Gasteiger partial charge is 0.505 e. The van der Waals surface area contributed by atoms with Crippen LogP contribution in [0.15, 0.2) is 0 Å². The van der Waals surface area contributed by atoms with Crippen LogP contribution in [0.2, 0.25) is 0 Å². The molecule has 0 saturated carbocycles. The Morgan fingerprint density at radius 2 is 2.10 bits per heavy atom. The average Bonchev–Trinajstić information content (AvgIpc) is 1.60. The lowest BCUT2D eigenvalue weighted by molar-refractivity contribution is 0.0162. The molecule has 0 fully saturated rings. The Balaban J connectivity index is 3.99. The molecule has 0 heterocycles. The minimum Gasteiger partial charge on any atom is -0.450 e. The molecule has 0 aromatic rings. The summed E-state index contributed by atoms with van der Waals surface area (Å²) >= 11 is 0. The van der Waals surface area contributed by atoms with Gasteiger partial charge in [-0.05, 0) is 12.8 Å². The van der Waals surface area contributed by atoms with Crippen LogP contribution in [0, 0.1) is 5.92 Å². The van der Waals surface area contributed by atoms with Crippen molar-refractivity contribution in [3.8, 4) is 0 Å². The summed E-state index contributed by atoms with van der Waals surface area (Å²) in [6, 6.07) is 0.